The number of amides is 2. The van der Waals surface area contributed by atoms with Gasteiger partial charge in [0.1, 0.15) is 6.61 Å². The molecule has 1 unspecified atom stereocenters. The zero-order chi connectivity index (χ0) is 20.1. The van der Waals surface area contributed by atoms with Crippen molar-refractivity contribution in [1.82, 2.24) is 19.6 Å². The molecule has 0 spiro atoms. The lowest BCUT2D eigenvalue weighted by Crippen LogP contribution is -2.60. The molecule has 4 rings (SSSR count). The number of cyclic esters (lactones) is 1. The Morgan fingerprint density at radius 1 is 1.25 bits per heavy atom. The lowest BCUT2D eigenvalue weighted by atomic mass is 9.98. The molecule has 2 aromatic rings. The molecule has 2 fully saturated rings. The minimum atomic E-state index is -0.546. The van der Waals surface area contributed by atoms with Gasteiger partial charge in [0.05, 0.1) is 17.4 Å². The molecule has 1 aromatic heterocycles. The first-order valence-corrected chi connectivity index (χ1v) is 9.41. The van der Waals surface area contributed by atoms with Crippen molar-refractivity contribution in [3.8, 4) is 11.4 Å². The maximum Gasteiger partial charge on any atom is 0.410 e. The van der Waals surface area contributed by atoms with E-state index in [1.807, 2.05) is 31.2 Å². The number of nitrogens with zero attached hydrogens (tertiary/aromatic N) is 4. The third-order valence-corrected chi connectivity index (χ3v) is 5.51. The van der Waals surface area contributed by atoms with Gasteiger partial charge in [-0.2, -0.15) is 5.10 Å². The predicted octanol–water partition coefficient (Wildman–Crippen LogP) is 2.37. The van der Waals surface area contributed by atoms with Crippen LogP contribution in [0.25, 0.3) is 5.69 Å². The topological polar surface area (TPSA) is 87.9 Å². The highest BCUT2D eigenvalue weighted by Crippen LogP contribution is 2.30. The molecule has 1 atom stereocenters. The minimum Gasteiger partial charge on any atom is -0.504 e. The quantitative estimate of drug-likeness (QED) is 0.878. The van der Waals surface area contributed by atoms with Crippen LogP contribution in [0, 0.1) is 0 Å². The molecule has 1 N–H and O–H groups in total. The second kappa shape index (κ2) is 6.54. The first-order chi connectivity index (χ1) is 13.3. The highest BCUT2D eigenvalue weighted by atomic mass is 16.6. The Hall–Kier alpha value is -3.03. The number of aromatic nitrogens is 2. The fraction of sp³-hybridized carbons (Fsp3) is 0.450. The average Bonchev–Trinajstić information content (AvgIpc) is 3.20. The van der Waals surface area contributed by atoms with E-state index in [1.165, 1.54) is 16.4 Å². The number of carbonyl (C=O) groups excluding carboxylic acids is 2. The van der Waals surface area contributed by atoms with Gasteiger partial charge >= 0.3 is 6.09 Å². The normalized spacial score (nSPS) is 21.8. The van der Waals surface area contributed by atoms with Crippen LogP contribution in [0.5, 0.6) is 5.75 Å². The zero-order valence-corrected chi connectivity index (χ0v) is 16.3. The predicted molar refractivity (Wildman–Crippen MR) is 102 cm³/mol. The first kappa shape index (κ1) is 18.3. The van der Waals surface area contributed by atoms with E-state index in [4.69, 9.17) is 4.74 Å². The highest BCUT2D eigenvalue weighted by Gasteiger charge is 2.48. The van der Waals surface area contributed by atoms with Crippen LogP contribution in [0.1, 0.15) is 42.7 Å². The molecule has 0 radical (unpaired) electrons. The van der Waals surface area contributed by atoms with Gasteiger partial charge in [0.15, 0.2) is 11.4 Å². The molecule has 1 aromatic carbocycles. The number of aromatic hydroxyl groups is 1. The summed E-state index contributed by atoms with van der Waals surface area (Å²) in [6.07, 6.45) is 1.10. The molecule has 2 saturated heterocycles. The van der Waals surface area contributed by atoms with Gasteiger partial charge in [0.25, 0.3) is 5.91 Å². The van der Waals surface area contributed by atoms with E-state index in [0.717, 1.165) is 5.69 Å². The van der Waals surface area contributed by atoms with Crippen molar-refractivity contribution in [1.29, 1.82) is 0 Å². The van der Waals surface area contributed by atoms with E-state index in [1.54, 1.807) is 9.80 Å². The standard InChI is InChI=1S/C20H24N4O4/c1-13(2)14-4-6-15(7-5-14)24-10-16(25)17(21-24)18(26)22-8-9-23-19(27)28-12-20(23,3)11-22/h4-7,10,13,25H,8-9,11-12H2,1-3H3. The maximum absolute atomic E-state index is 13.0. The summed E-state index contributed by atoms with van der Waals surface area (Å²) < 4.78 is 6.64. The Morgan fingerprint density at radius 2 is 1.96 bits per heavy atom. The van der Waals surface area contributed by atoms with Crippen LogP contribution in [0.15, 0.2) is 30.5 Å². The Kier molecular flexibility index (Phi) is 4.28. The number of piperazine rings is 1. The third kappa shape index (κ3) is 2.98. The molecule has 2 aliphatic heterocycles. The smallest absolute Gasteiger partial charge is 0.410 e. The number of carbonyl (C=O) groups is 2. The summed E-state index contributed by atoms with van der Waals surface area (Å²) in [7, 11) is 0. The van der Waals surface area contributed by atoms with Gasteiger partial charge < -0.3 is 14.7 Å². The maximum atomic E-state index is 13.0. The Labute approximate surface area is 163 Å². The molecule has 8 nitrogen and oxygen atoms in total. The van der Waals surface area contributed by atoms with Crippen molar-refractivity contribution in [2.45, 2.75) is 32.2 Å². The van der Waals surface area contributed by atoms with Crippen molar-refractivity contribution in [2.75, 3.05) is 26.2 Å². The number of benzene rings is 1. The average molecular weight is 384 g/mol. The van der Waals surface area contributed by atoms with Crippen molar-refractivity contribution in [3.05, 3.63) is 41.7 Å². The van der Waals surface area contributed by atoms with Gasteiger partial charge in [-0.15, -0.1) is 0 Å². The molecule has 148 valence electrons. The molecule has 2 aliphatic rings. The van der Waals surface area contributed by atoms with Gasteiger partial charge in [-0.3, -0.25) is 9.69 Å². The number of hydrogen-bond donors (Lipinski definition) is 1. The lowest BCUT2D eigenvalue weighted by Gasteiger charge is -2.42. The fourth-order valence-corrected chi connectivity index (χ4v) is 3.78. The molecular weight excluding hydrogens is 360 g/mol. The molecule has 3 heterocycles. The third-order valence-electron chi connectivity index (χ3n) is 5.51. The van der Waals surface area contributed by atoms with E-state index in [9.17, 15) is 14.7 Å². The van der Waals surface area contributed by atoms with E-state index < -0.39 is 5.54 Å². The van der Waals surface area contributed by atoms with E-state index in [2.05, 4.69) is 18.9 Å². The van der Waals surface area contributed by atoms with Gasteiger partial charge in [0.2, 0.25) is 0 Å². The number of ether oxygens (including phenoxy) is 1. The first-order valence-electron chi connectivity index (χ1n) is 9.41. The summed E-state index contributed by atoms with van der Waals surface area (Å²) in [5, 5.41) is 14.6. The van der Waals surface area contributed by atoms with Crippen molar-refractivity contribution < 1.29 is 19.4 Å². The van der Waals surface area contributed by atoms with Crippen molar-refractivity contribution >= 4 is 12.0 Å². The molecule has 0 bridgehead atoms. The van der Waals surface area contributed by atoms with Crippen LogP contribution < -0.4 is 0 Å². The summed E-state index contributed by atoms with van der Waals surface area (Å²) >= 11 is 0. The van der Waals surface area contributed by atoms with Crippen molar-refractivity contribution in [2.24, 2.45) is 0 Å². The second-order valence-electron chi connectivity index (χ2n) is 7.98. The summed E-state index contributed by atoms with van der Waals surface area (Å²) in [5.74, 6) is -0.0942. The van der Waals surface area contributed by atoms with Gasteiger partial charge in [0, 0.05) is 19.6 Å². The Bertz CT molecular complexity index is 921. The molecular formula is C20H24N4O4. The highest BCUT2D eigenvalue weighted by molar-refractivity contribution is 5.95. The SMILES string of the molecule is CC(C)c1ccc(-n2cc(O)c(C(=O)N3CCN4C(=O)OCC4(C)C3)n2)cc1. The largest absolute Gasteiger partial charge is 0.504 e. The summed E-state index contributed by atoms with van der Waals surface area (Å²) in [4.78, 5) is 28.0. The van der Waals surface area contributed by atoms with Crippen LogP contribution in [0.3, 0.4) is 0 Å². The number of hydrogen-bond acceptors (Lipinski definition) is 5. The van der Waals surface area contributed by atoms with Crippen LogP contribution in [0.2, 0.25) is 0 Å². The summed E-state index contributed by atoms with van der Waals surface area (Å²) in [6.45, 7) is 7.50. The zero-order valence-electron chi connectivity index (χ0n) is 16.3. The van der Waals surface area contributed by atoms with E-state index >= 15 is 0 Å². The molecule has 2 amide bonds. The van der Waals surface area contributed by atoms with Crippen LogP contribution in [-0.4, -0.2) is 68.5 Å². The molecule has 0 saturated carbocycles. The van der Waals surface area contributed by atoms with Gasteiger partial charge in [-0.1, -0.05) is 26.0 Å². The summed E-state index contributed by atoms with van der Waals surface area (Å²) in [6, 6.07) is 7.85. The van der Waals surface area contributed by atoms with Crippen molar-refractivity contribution in [3.63, 3.8) is 0 Å². The lowest BCUT2D eigenvalue weighted by molar-refractivity contribution is 0.0425. The molecule has 8 heteroatoms. The minimum absolute atomic E-state index is 0.00947. The van der Waals surface area contributed by atoms with Gasteiger partial charge in [-0.25, -0.2) is 9.48 Å². The summed E-state index contributed by atoms with van der Waals surface area (Å²) in [5.41, 5.74) is 1.44. The fourth-order valence-electron chi connectivity index (χ4n) is 3.78. The Morgan fingerprint density at radius 3 is 2.64 bits per heavy atom. The monoisotopic (exact) mass is 384 g/mol. The second-order valence-corrected chi connectivity index (χ2v) is 7.98. The molecule has 0 aliphatic carbocycles. The van der Waals surface area contributed by atoms with Crippen LogP contribution in [0.4, 0.5) is 4.79 Å². The van der Waals surface area contributed by atoms with Gasteiger partial charge in [-0.05, 0) is 30.5 Å². The molecule has 28 heavy (non-hydrogen) atoms. The van der Waals surface area contributed by atoms with E-state index in [-0.39, 0.29) is 30.1 Å². The van der Waals surface area contributed by atoms with E-state index in [0.29, 0.717) is 25.6 Å². The van der Waals surface area contributed by atoms with Crippen LogP contribution >= 0.6 is 0 Å². The number of rotatable bonds is 3. The Balaban J connectivity index is 1.55. The van der Waals surface area contributed by atoms with Crippen LogP contribution in [-0.2, 0) is 4.74 Å². The number of fused-ring (bicyclic) bond motifs is 1.